The predicted molar refractivity (Wildman–Crippen MR) is 120 cm³/mol. The minimum absolute atomic E-state index is 0.0847. The number of morpholine rings is 1. The zero-order valence-corrected chi connectivity index (χ0v) is 18.2. The highest BCUT2D eigenvalue weighted by Crippen LogP contribution is 2.33. The Morgan fingerprint density at radius 1 is 1.06 bits per heavy atom. The Morgan fingerprint density at radius 2 is 1.84 bits per heavy atom. The van der Waals surface area contributed by atoms with Crippen LogP contribution in [0.1, 0.15) is 36.3 Å². The topological polar surface area (TPSA) is 94.4 Å². The molecule has 2 aliphatic rings. The first-order chi connectivity index (χ1) is 15.7. The summed E-state index contributed by atoms with van der Waals surface area (Å²) in [5.74, 6) is 1.09. The fourth-order valence-electron chi connectivity index (χ4n) is 4.46. The molecule has 1 aliphatic carbocycles. The van der Waals surface area contributed by atoms with Crippen molar-refractivity contribution < 1.29 is 14.3 Å². The molecule has 0 spiro atoms. The molecule has 9 nitrogen and oxygen atoms in total. The van der Waals surface area contributed by atoms with Crippen LogP contribution in [-0.4, -0.2) is 63.9 Å². The maximum absolute atomic E-state index is 12.4. The molecule has 1 aromatic carbocycles. The Balaban J connectivity index is 1.26. The number of fused-ring (bicyclic) bond motifs is 1. The molecular weight excluding hydrogens is 408 g/mol. The van der Waals surface area contributed by atoms with E-state index in [9.17, 15) is 4.79 Å². The summed E-state index contributed by atoms with van der Waals surface area (Å²) in [6, 6.07) is 4.29. The van der Waals surface area contributed by atoms with E-state index in [4.69, 9.17) is 9.47 Å². The maximum Gasteiger partial charge on any atom is 0.287 e. The molecule has 1 saturated heterocycles. The van der Waals surface area contributed by atoms with Crippen molar-refractivity contribution >= 4 is 22.6 Å². The second-order valence-corrected chi connectivity index (χ2v) is 8.39. The highest BCUT2D eigenvalue weighted by atomic mass is 16.5. The lowest BCUT2D eigenvalue weighted by atomic mass is 9.93. The first-order valence-electron chi connectivity index (χ1n) is 11.2. The third kappa shape index (κ3) is 4.38. The molecule has 3 aromatic rings. The van der Waals surface area contributed by atoms with E-state index in [0.717, 1.165) is 74.5 Å². The van der Waals surface area contributed by atoms with Crippen molar-refractivity contribution in [3.63, 3.8) is 0 Å². The lowest BCUT2D eigenvalue weighted by Crippen LogP contribution is -2.40. The normalized spacial score (nSPS) is 21.5. The van der Waals surface area contributed by atoms with E-state index in [0.29, 0.717) is 5.82 Å². The van der Waals surface area contributed by atoms with E-state index in [2.05, 4.69) is 37.3 Å². The van der Waals surface area contributed by atoms with Gasteiger partial charge in [0, 0.05) is 62.7 Å². The van der Waals surface area contributed by atoms with Gasteiger partial charge in [-0.25, -0.2) is 9.97 Å². The van der Waals surface area contributed by atoms with Gasteiger partial charge in [0.25, 0.3) is 5.91 Å². The first-order valence-corrected chi connectivity index (χ1v) is 11.2. The van der Waals surface area contributed by atoms with Crippen LogP contribution in [-0.2, 0) is 11.8 Å². The van der Waals surface area contributed by atoms with E-state index in [1.165, 1.54) is 0 Å². The lowest BCUT2D eigenvalue weighted by molar-refractivity contribution is 0.0882. The van der Waals surface area contributed by atoms with Gasteiger partial charge in [0.15, 0.2) is 5.82 Å². The fourth-order valence-corrected chi connectivity index (χ4v) is 4.46. The number of aromatic nitrogens is 4. The van der Waals surface area contributed by atoms with Crippen molar-refractivity contribution in [1.29, 1.82) is 0 Å². The van der Waals surface area contributed by atoms with Gasteiger partial charge in [-0.3, -0.25) is 9.78 Å². The first kappa shape index (κ1) is 20.7. The van der Waals surface area contributed by atoms with Gasteiger partial charge in [0.1, 0.15) is 11.3 Å². The minimum Gasteiger partial charge on any atom is -0.488 e. The van der Waals surface area contributed by atoms with E-state index >= 15 is 0 Å². The summed E-state index contributed by atoms with van der Waals surface area (Å²) in [5, 5.41) is 3.11. The Morgan fingerprint density at radius 3 is 2.59 bits per heavy atom. The third-order valence-corrected chi connectivity index (χ3v) is 6.23. The number of hydrogen-bond acceptors (Lipinski definition) is 7. The zero-order chi connectivity index (χ0) is 21.9. The second kappa shape index (κ2) is 9.12. The summed E-state index contributed by atoms with van der Waals surface area (Å²) in [6.07, 6.45) is 10.4. The number of anilines is 1. The number of benzene rings is 1. The summed E-state index contributed by atoms with van der Waals surface area (Å²) in [6.45, 7) is 3.16. The summed E-state index contributed by atoms with van der Waals surface area (Å²) in [5.41, 5.74) is 2.71. The third-order valence-electron chi connectivity index (χ3n) is 6.23. The Hall–Kier alpha value is -3.20. The van der Waals surface area contributed by atoms with E-state index in [-0.39, 0.29) is 18.1 Å². The van der Waals surface area contributed by atoms with Crippen molar-refractivity contribution in [2.75, 3.05) is 31.2 Å². The molecule has 9 heteroatoms. The van der Waals surface area contributed by atoms with E-state index < -0.39 is 0 Å². The number of nitrogens with one attached hydrogen (secondary N) is 1. The molecule has 3 heterocycles. The van der Waals surface area contributed by atoms with E-state index in [1.54, 1.807) is 29.4 Å². The van der Waals surface area contributed by atoms with Crippen LogP contribution in [0.15, 0.2) is 36.9 Å². The highest BCUT2D eigenvalue weighted by Gasteiger charge is 2.26. The van der Waals surface area contributed by atoms with Crippen molar-refractivity contribution in [1.82, 2.24) is 24.8 Å². The Bertz CT molecular complexity index is 1090. The largest absolute Gasteiger partial charge is 0.488 e. The quantitative estimate of drug-likeness (QED) is 0.656. The number of aryl methyl sites for hydroxylation is 1. The van der Waals surface area contributed by atoms with Crippen LogP contribution in [0, 0.1) is 0 Å². The highest BCUT2D eigenvalue weighted by molar-refractivity contribution is 5.91. The maximum atomic E-state index is 12.4. The number of rotatable bonds is 5. The summed E-state index contributed by atoms with van der Waals surface area (Å²) >= 11 is 0. The molecule has 0 radical (unpaired) electrons. The standard InChI is InChI=1S/C23H28N6O3/c1-28-9-8-26-22(28)23(30)27-16-2-4-18(5-3-16)32-20-15-17(29-10-12-31-13-11-29)14-19-21(20)25-7-6-24-19/h6-9,14-16,18H,2-5,10-13H2,1H3,(H,27,30). The SMILES string of the molecule is Cn1ccnc1C(=O)NC1CCC(Oc2cc(N3CCOCC3)cc3nccnc23)CC1. The van der Waals surface area contributed by atoms with Gasteiger partial charge >= 0.3 is 0 Å². The smallest absolute Gasteiger partial charge is 0.287 e. The molecule has 1 aliphatic heterocycles. The van der Waals surface area contributed by atoms with Gasteiger partial charge in [-0.1, -0.05) is 0 Å². The minimum atomic E-state index is -0.124. The molecule has 1 amide bonds. The zero-order valence-electron chi connectivity index (χ0n) is 18.2. The van der Waals surface area contributed by atoms with Gasteiger partial charge in [0.2, 0.25) is 0 Å². The van der Waals surface area contributed by atoms with Crippen molar-refractivity contribution in [3.05, 3.63) is 42.7 Å². The van der Waals surface area contributed by atoms with Gasteiger partial charge in [0.05, 0.1) is 24.8 Å². The molecular formula is C23H28N6O3. The lowest BCUT2D eigenvalue weighted by Gasteiger charge is -2.31. The van der Waals surface area contributed by atoms with Crippen molar-refractivity contribution in [2.45, 2.75) is 37.8 Å². The second-order valence-electron chi connectivity index (χ2n) is 8.39. The summed E-state index contributed by atoms with van der Waals surface area (Å²) < 4.78 is 13.7. The number of imidazole rings is 1. The number of carbonyl (C=O) groups excluding carboxylic acids is 1. The molecule has 1 saturated carbocycles. The molecule has 32 heavy (non-hydrogen) atoms. The Kier molecular flexibility index (Phi) is 5.89. The molecule has 0 unspecified atom stereocenters. The van der Waals surface area contributed by atoms with Gasteiger partial charge in [-0.2, -0.15) is 0 Å². The van der Waals surface area contributed by atoms with Crippen molar-refractivity contribution in [3.8, 4) is 5.75 Å². The fraction of sp³-hybridized carbons (Fsp3) is 0.478. The molecule has 1 N–H and O–H groups in total. The average molecular weight is 437 g/mol. The number of hydrogen-bond donors (Lipinski definition) is 1. The monoisotopic (exact) mass is 436 g/mol. The van der Waals surface area contributed by atoms with Crippen molar-refractivity contribution in [2.24, 2.45) is 7.05 Å². The van der Waals surface area contributed by atoms with Gasteiger partial charge in [-0.15, -0.1) is 0 Å². The van der Waals surface area contributed by atoms with Gasteiger partial charge in [-0.05, 0) is 31.7 Å². The molecule has 0 bridgehead atoms. The van der Waals surface area contributed by atoms with Crippen LogP contribution in [0.5, 0.6) is 5.75 Å². The molecule has 2 fully saturated rings. The van der Waals surface area contributed by atoms with Crippen LogP contribution in [0.25, 0.3) is 11.0 Å². The number of amides is 1. The van der Waals surface area contributed by atoms with Crippen LogP contribution < -0.4 is 15.0 Å². The van der Waals surface area contributed by atoms with Crippen LogP contribution >= 0.6 is 0 Å². The number of ether oxygens (including phenoxy) is 2. The summed E-state index contributed by atoms with van der Waals surface area (Å²) in [4.78, 5) is 27.9. The molecule has 2 aromatic heterocycles. The Labute approximate surface area is 186 Å². The molecule has 168 valence electrons. The van der Waals surface area contributed by atoms with E-state index in [1.807, 2.05) is 7.05 Å². The summed E-state index contributed by atoms with van der Waals surface area (Å²) in [7, 11) is 1.82. The average Bonchev–Trinajstić information content (AvgIpc) is 3.27. The molecule has 5 rings (SSSR count). The van der Waals surface area contributed by atoms with Crippen LogP contribution in [0.3, 0.4) is 0 Å². The molecule has 0 atom stereocenters. The predicted octanol–water partition coefficient (Wildman–Crippen LogP) is 2.32. The van der Waals surface area contributed by atoms with Crippen LogP contribution in [0.2, 0.25) is 0 Å². The van der Waals surface area contributed by atoms with Gasteiger partial charge < -0.3 is 24.3 Å². The number of nitrogens with zero attached hydrogens (tertiary/aromatic N) is 5. The van der Waals surface area contributed by atoms with Crippen LogP contribution in [0.4, 0.5) is 5.69 Å². The number of carbonyl (C=O) groups is 1.